The van der Waals surface area contributed by atoms with Crippen molar-refractivity contribution in [3.63, 3.8) is 0 Å². The summed E-state index contributed by atoms with van der Waals surface area (Å²) < 4.78 is 39.6. The van der Waals surface area contributed by atoms with Crippen molar-refractivity contribution in [1.82, 2.24) is 15.0 Å². The molecule has 0 saturated heterocycles. The van der Waals surface area contributed by atoms with Gasteiger partial charge in [-0.05, 0) is 36.2 Å². The lowest BCUT2D eigenvalue weighted by molar-refractivity contribution is -0.141. The van der Waals surface area contributed by atoms with Crippen molar-refractivity contribution in [2.45, 2.75) is 30.4 Å². The number of fused-ring (bicyclic) bond motifs is 1. The van der Waals surface area contributed by atoms with Crippen LogP contribution in [-0.4, -0.2) is 15.0 Å². The van der Waals surface area contributed by atoms with Crippen molar-refractivity contribution in [2.24, 2.45) is 0 Å². The molecule has 3 aromatic heterocycles. The third kappa shape index (κ3) is 3.46. The van der Waals surface area contributed by atoms with Crippen LogP contribution in [0.3, 0.4) is 0 Å². The minimum absolute atomic E-state index is 0.0150. The third-order valence-electron chi connectivity index (χ3n) is 3.39. The summed E-state index contributed by atoms with van der Waals surface area (Å²) in [5, 5.41) is 2.92. The summed E-state index contributed by atoms with van der Waals surface area (Å²) in [4.78, 5) is 11.8. The number of thioether (sulfide) groups is 1. The van der Waals surface area contributed by atoms with E-state index < -0.39 is 11.9 Å². The normalized spacial score (nSPS) is 13.4. The number of nitrogens with zero attached hydrogens (tertiary/aromatic N) is 3. The minimum atomic E-state index is -4.56. The highest BCUT2D eigenvalue weighted by atomic mass is 32.2. The Morgan fingerprint density at radius 1 is 1.25 bits per heavy atom. The number of anilines is 1. The maximum Gasteiger partial charge on any atom is 0.433 e. The van der Waals surface area contributed by atoms with E-state index in [1.165, 1.54) is 0 Å². The number of thiophene rings is 1. The van der Waals surface area contributed by atoms with Gasteiger partial charge in [0.2, 0.25) is 0 Å². The van der Waals surface area contributed by atoms with Crippen LogP contribution in [0.1, 0.15) is 29.1 Å². The number of nitrogens with two attached hydrogens (primary N) is 1. The molecule has 0 saturated carbocycles. The molecule has 3 heterocycles. The van der Waals surface area contributed by atoms with Gasteiger partial charge in [0, 0.05) is 12.3 Å². The fraction of sp³-hybridized carbons (Fsp3) is 0.267. The van der Waals surface area contributed by atoms with Crippen molar-refractivity contribution in [2.75, 3.05) is 5.73 Å². The number of hydrogen-bond acceptors (Lipinski definition) is 6. The van der Waals surface area contributed by atoms with Gasteiger partial charge in [0.05, 0.1) is 15.6 Å². The van der Waals surface area contributed by atoms with Gasteiger partial charge in [-0.3, -0.25) is 4.98 Å². The second kappa shape index (κ2) is 6.21. The van der Waals surface area contributed by atoms with Gasteiger partial charge in [0.25, 0.3) is 0 Å². The molecule has 0 aromatic carbocycles. The number of pyridine rings is 1. The zero-order valence-electron chi connectivity index (χ0n) is 12.8. The van der Waals surface area contributed by atoms with E-state index in [4.69, 9.17) is 5.73 Å². The molecule has 9 heteroatoms. The Morgan fingerprint density at radius 3 is 2.71 bits per heavy atom. The topological polar surface area (TPSA) is 64.7 Å². The SMILES string of the molecule is Cc1csc2cnc(C(C)Sc3nc(N)cc(C(F)(F)F)n3)cc12. The standard InChI is InChI=1S/C15H13F3N4S2/c1-7-6-23-11-5-20-10(3-9(7)11)8(2)24-14-21-12(15(16,17)18)4-13(19)22-14/h3-6,8H,1-2H3,(H2,19,21,22). The molecule has 0 aliphatic carbocycles. The molecule has 24 heavy (non-hydrogen) atoms. The number of rotatable bonds is 3. The first-order chi connectivity index (χ1) is 11.2. The van der Waals surface area contributed by atoms with Crippen molar-refractivity contribution in [1.29, 1.82) is 0 Å². The monoisotopic (exact) mass is 370 g/mol. The average Bonchev–Trinajstić information content (AvgIpc) is 2.86. The Bertz CT molecular complexity index is 892. The number of alkyl halides is 3. The fourth-order valence-corrected chi connectivity index (χ4v) is 3.92. The lowest BCUT2D eigenvalue weighted by Crippen LogP contribution is -2.11. The van der Waals surface area contributed by atoms with Gasteiger partial charge in [-0.25, -0.2) is 9.97 Å². The summed E-state index contributed by atoms with van der Waals surface area (Å²) in [6.07, 6.45) is -2.78. The van der Waals surface area contributed by atoms with Crippen LogP contribution in [0.25, 0.3) is 10.1 Å². The molecule has 0 aliphatic rings. The lowest BCUT2D eigenvalue weighted by Gasteiger charge is -2.12. The molecule has 0 amide bonds. The first kappa shape index (κ1) is 17.0. The second-order valence-corrected chi connectivity index (χ2v) is 7.46. The molecule has 0 aliphatic heterocycles. The predicted octanol–water partition coefficient (Wildman–Crippen LogP) is 4.85. The quantitative estimate of drug-likeness (QED) is 0.527. The summed E-state index contributed by atoms with van der Waals surface area (Å²) >= 11 is 2.71. The van der Waals surface area contributed by atoms with Crippen LogP contribution in [0.2, 0.25) is 0 Å². The Kier molecular flexibility index (Phi) is 4.39. The largest absolute Gasteiger partial charge is 0.433 e. The molecule has 0 bridgehead atoms. The number of halogens is 3. The van der Waals surface area contributed by atoms with Gasteiger partial charge in [-0.2, -0.15) is 13.2 Å². The molecule has 0 spiro atoms. The predicted molar refractivity (Wildman–Crippen MR) is 90.1 cm³/mol. The zero-order valence-corrected chi connectivity index (χ0v) is 14.4. The highest BCUT2D eigenvalue weighted by Gasteiger charge is 2.33. The smallest absolute Gasteiger partial charge is 0.384 e. The van der Waals surface area contributed by atoms with Gasteiger partial charge in [-0.15, -0.1) is 11.3 Å². The average molecular weight is 370 g/mol. The summed E-state index contributed by atoms with van der Waals surface area (Å²) in [7, 11) is 0. The maximum absolute atomic E-state index is 12.8. The first-order valence-electron chi connectivity index (χ1n) is 6.96. The Hall–Kier alpha value is -1.87. The van der Waals surface area contributed by atoms with E-state index in [2.05, 4.69) is 15.0 Å². The van der Waals surface area contributed by atoms with E-state index in [9.17, 15) is 13.2 Å². The Morgan fingerprint density at radius 2 is 2.00 bits per heavy atom. The molecule has 126 valence electrons. The van der Waals surface area contributed by atoms with Crippen molar-refractivity contribution < 1.29 is 13.2 Å². The summed E-state index contributed by atoms with van der Waals surface area (Å²) in [5.41, 5.74) is 6.34. The summed E-state index contributed by atoms with van der Waals surface area (Å²) in [6.45, 7) is 3.86. The highest BCUT2D eigenvalue weighted by molar-refractivity contribution is 7.99. The van der Waals surface area contributed by atoms with E-state index in [0.29, 0.717) is 0 Å². The molecule has 3 rings (SSSR count). The Balaban J connectivity index is 1.89. The molecular formula is C15H13F3N4S2. The van der Waals surface area contributed by atoms with Crippen LogP contribution < -0.4 is 5.73 Å². The van der Waals surface area contributed by atoms with E-state index in [1.807, 2.05) is 25.3 Å². The van der Waals surface area contributed by atoms with Gasteiger partial charge >= 0.3 is 6.18 Å². The van der Waals surface area contributed by atoms with Crippen LogP contribution in [0.15, 0.2) is 28.9 Å². The van der Waals surface area contributed by atoms with Crippen molar-refractivity contribution >= 4 is 39.0 Å². The van der Waals surface area contributed by atoms with Crippen LogP contribution in [-0.2, 0) is 6.18 Å². The number of hydrogen-bond donors (Lipinski definition) is 1. The number of aryl methyl sites for hydroxylation is 1. The molecule has 3 aromatic rings. The van der Waals surface area contributed by atoms with E-state index in [1.54, 1.807) is 17.5 Å². The van der Waals surface area contributed by atoms with Gasteiger partial charge < -0.3 is 5.73 Å². The van der Waals surface area contributed by atoms with Gasteiger partial charge in [0.15, 0.2) is 10.9 Å². The van der Waals surface area contributed by atoms with Gasteiger partial charge in [-0.1, -0.05) is 11.8 Å². The molecule has 0 radical (unpaired) electrons. The zero-order chi connectivity index (χ0) is 17.5. The van der Waals surface area contributed by atoms with Crippen molar-refractivity contribution in [3.05, 3.63) is 40.7 Å². The molecular weight excluding hydrogens is 357 g/mol. The third-order valence-corrected chi connectivity index (χ3v) is 5.43. The lowest BCUT2D eigenvalue weighted by atomic mass is 10.2. The highest BCUT2D eigenvalue weighted by Crippen LogP contribution is 2.36. The first-order valence-corrected chi connectivity index (χ1v) is 8.72. The molecule has 1 atom stereocenters. The minimum Gasteiger partial charge on any atom is -0.384 e. The maximum atomic E-state index is 12.8. The van der Waals surface area contributed by atoms with Crippen LogP contribution >= 0.6 is 23.1 Å². The Labute approximate surface area is 144 Å². The number of aromatic nitrogens is 3. The van der Waals surface area contributed by atoms with Crippen LogP contribution in [0.4, 0.5) is 19.0 Å². The molecule has 2 N–H and O–H groups in total. The summed E-state index contributed by atoms with van der Waals surface area (Å²) in [5.74, 6) is -0.205. The number of nitrogen functional groups attached to an aromatic ring is 1. The van der Waals surface area contributed by atoms with E-state index >= 15 is 0 Å². The summed E-state index contributed by atoms with van der Waals surface area (Å²) in [6, 6.07) is 2.68. The van der Waals surface area contributed by atoms with Gasteiger partial charge in [0.1, 0.15) is 5.82 Å². The second-order valence-electron chi connectivity index (χ2n) is 5.24. The molecule has 4 nitrogen and oxygen atoms in total. The van der Waals surface area contributed by atoms with Crippen LogP contribution in [0, 0.1) is 6.92 Å². The van der Waals surface area contributed by atoms with E-state index in [-0.39, 0.29) is 16.2 Å². The van der Waals surface area contributed by atoms with E-state index in [0.717, 1.165) is 39.2 Å². The molecule has 0 fully saturated rings. The van der Waals surface area contributed by atoms with Crippen LogP contribution in [0.5, 0.6) is 0 Å². The van der Waals surface area contributed by atoms with Crippen molar-refractivity contribution in [3.8, 4) is 0 Å². The fourth-order valence-electron chi connectivity index (χ4n) is 2.16. The molecule has 1 unspecified atom stereocenters.